The first kappa shape index (κ1) is 20.6. The molecule has 0 heterocycles. The lowest BCUT2D eigenvalue weighted by molar-refractivity contribution is 0.0853. The van der Waals surface area contributed by atoms with Crippen LogP contribution in [0.4, 0.5) is 10.5 Å². The lowest BCUT2D eigenvalue weighted by Gasteiger charge is -2.12. The van der Waals surface area contributed by atoms with E-state index in [0.717, 1.165) is 27.9 Å². The summed E-state index contributed by atoms with van der Waals surface area (Å²) >= 11 is 0. The smallest absolute Gasteiger partial charge is 0.319 e. The van der Waals surface area contributed by atoms with Crippen molar-refractivity contribution in [2.24, 2.45) is 0 Å². The molecule has 0 aliphatic carbocycles. The lowest BCUT2D eigenvalue weighted by atomic mass is 10.1. The Hall–Kier alpha value is -2.71. The molecule has 27 heavy (non-hydrogen) atoms. The van der Waals surface area contributed by atoms with Crippen LogP contribution in [0.3, 0.4) is 0 Å². The predicted octanol–water partition coefficient (Wildman–Crippen LogP) is 2.95. The Balaban J connectivity index is 1.97. The van der Waals surface area contributed by atoms with E-state index in [0.29, 0.717) is 19.6 Å². The van der Waals surface area contributed by atoms with Gasteiger partial charge in [0.1, 0.15) is 0 Å². The van der Waals surface area contributed by atoms with Crippen LogP contribution in [-0.4, -0.2) is 20.3 Å². The zero-order chi connectivity index (χ0) is 19.5. The molecule has 0 spiro atoms. The molecule has 2 amide bonds. The summed E-state index contributed by atoms with van der Waals surface area (Å²) in [4.78, 5) is 22.0. The SMILES string of the molecule is C=Cc1ccc(NC(=O)NCc2cc(CNOC)cc(CNOC)c2)cc1. The van der Waals surface area contributed by atoms with Crippen LogP contribution in [0, 0.1) is 0 Å². The van der Waals surface area contributed by atoms with Crippen LogP contribution in [0.15, 0.2) is 49.0 Å². The number of anilines is 1. The summed E-state index contributed by atoms with van der Waals surface area (Å²) < 4.78 is 0. The molecule has 2 rings (SSSR count). The van der Waals surface area contributed by atoms with E-state index in [2.05, 4.69) is 28.2 Å². The van der Waals surface area contributed by atoms with Crippen molar-refractivity contribution in [3.05, 3.63) is 71.3 Å². The van der Waals surface area contributed by atoms with Gasteiger partial charge in [0.25, 0.3) is 0 Å². The Morgan fingerprint density at radius 2 is 1.44 bits per heavy atom. The summed E-state index contributed by atoms with van der Waals surface area (Å²) in [6, 6.07) is 13.3. The number of hydrogen-bond donors (Lipinski definition) is 4. The fraction of sp³-hybridized carbons (Fsp3) is 0.250. The summed E-state index contributed by atoms with van der Waals surface area (Å²) in [6.07, 6.45) is 1.76. The van der Waals surface area contributed by atoms with Gasteiger partial charge in [0.15, 0.2) is 0 Å². The van der Waals surface area contributed by atoms with Gasteiger partial charge in [-0.2, -0.15) is 11.0 Å². The van der Waals surface area contributed by atoms with Crippen LogP contribution in [-0.2, 0) is 29.3 Å². The Bertz CT molecular complexity index is 721. The number of nitrogens with one attached hydrogen (secondary N) is 4. The highest BCUT2D eigenvalue weighted by molar-refractivity contribution is 5.89. The van der Waals surface area contributed by atoms with Gasteiger partial charge in [-0.3, -0.25) is 0 Å². The minimum absolute atomic E-state index is 0.265. The van der Waals surface area contributed by atoms with Crippen LogP contribution >= 0.6 is 0 Å². The van der Waals surface area contributed by atoms with Crippen molar-refractivity contribution in [2.75, 3.05) is 19.5 Å². The molecule has 0 radical (unpaired) electrons. The molecular formula is C20H26N4O3. The van der Waals surface area contributed by atoms with Gasteiger partial charge in [0.05, 0.1) is 14.2 Å². The highest BCUT2D eigenvalue weighted by Gasteiger charge is 2.05. The van der Waals surface area contributed by atoms with E-state index >= 15 is 0 Å². The van der Waals surface area contributed by atoms with E-state index in [1.165, 1.54) is 0 Å². The van der Waals surface area contributed by atoms with E-state index < -0.39 is 0 Å². The van der Waals surface area contributed by atoms with Gasteiger partial charge in [0, 0.05) is 25.3 Å². The summed E-state index contributed by atoms with van der Waals surface area (Å²) in [5.41, 5.74) is 10.4. The predicted molar refractivity (Wildman–Crippen MR) is 107 cm³/mol. The van der Waals surface area contributed by atoms with Gasteiger partial charge in [-0.25, -0.2) is 4.79 Å². The first-order valence-corrected chi connectivity index (χ1v) is 8.55. The maximum absolute atomic E-state index is 12.1. The number of carbonyl (C=O) groups excluding carboxylic acids is 1. The van der Waals surface area contributed by atoms with Crippen LogP contribution in [0.5, 0.6) is 0 Å². The first-order valence-electron chi connectivity index (χ1n) is 8.55. The molecule has 144 valence electrons. The number of rotatable bonds is 10. The molecule has 0 fully saturated rings. The second-order valence-corrected chi connectivity index (χ2v) is 5.84. The van der Waals surface area contributed by atoms with Gasteiger partial charge in [-0.15, -0.1) is 0 Å². The second kappa shape index (κ2) is 11.1. The molecular weight excluding hydrogens is 344 g/mol. The van der Waals surface area contributed by atoms with Crippen molar-refractivity contribution < 1.29 is 14.5 Å². The first-order chi connectivity index (χ1) is 13.1. The monoisotopic (exact) mass is 370 g/mol. The topological polar surface area (TPSA) is 83.7 Å². The summed E-state index contributed by atoms with van der Waals surface area (Å²) in [7, 11) is 3.15. The van der Waals surface area contributed by atoms with Crippen molar-refractivity contribution in [1.82, 2.24) is 16.3 Å². The molecule has 7 heteroatoms. The average Bonchev–Trinajstić information content (AvgIpc) is 2.69. The molecule has 0 saturated heterocycles. The van der Waals surface area contributed by atoms with E-state index in [1.807, 2.05) is 42.5 Å². The van der Waals surface area contributed by atoms with E-state index in [-0.39, 0.29) is 6.03 Å². The number of amides is 2. The fourth-order valence-corrected chi connectivity index (χ4v) is 2.52. The molecule has 0 bridgehead atoms. The Morgan fingerprint density at radius 3 is 1.93 bits per heavy atom. The molecule has 0 aliphatic rings. The Labute approximate surface area is 159 Å². The van der Waals surface area contributed by atoms with E-state index in [4.69, 9.17) is 9.68 Å². The van der Waals surface area contributed by atoms with Gasteiger partial charge in [-0.05, 0) is 34.4 Å². The Kier molecular flexibility index (Phi) is 8.47. The zero-order valence-corrected chi connectivity index (χ0v) is 15.7. The summed E-state index contributed by atoms with van der Waals surface area (Å²) in [6.45, 7) is 5.24. The number of hydroxylamine groups is 2. The summed E-state index contributed by atoms with van der Waals surface area (Å²) in [5.74, 6) is 0. The molecule has 2 aromatic carbocycles. The Morgan fingerprint density at radius 1 is 0.926 bits per heavy atom. The van der Waals surface area contributed by atoms with Crippen molar-refractivity contribution in [1.29, 1.82) is 0 Å². The zero-order valence-electron chi connectivity index (χ0n) is 15.7. The van der Waals surface area contributed by atoms with Crippen LogP contribution in [0.1, 0.15) is 22.3 Å². The number of carbonyl (C=O) groups is 1. The van der Waals surface area contributed by atoms with Crippen LogP contribution in [0.25, 0.3) is 6.08 Å². The fourth-order valence-electron chi connectivity index (χ4n) is 2.52. The summed E-state index contributed by atoms with van der Waals surface area (Å²) in [5, 5.41) is 5.68. The number of urea groups is 1. The third-order valence-electron chi connectivity index (χ3n) is 3.81. The molecule has 0 aliphatic heterocycles. The van der Waals surface area contributed by atoms with Crippen molar-refractivity contribution in [2.45, 2.75) is 19.6 Å². The highest BCUT2D eigenvalue weighted by atomic mass is 16.6. The van der Waals surface area contributed by atoms with Crippen molar-refractivity contribution >= 4 is 17.8 Å². The molecule has 0 atom stereocenters. The third kappa shape index (κ3) is 7.20. The second-order valence-electron chi connectivity index (χ2n) is 5.84. The van der Waals surface area contributed by atoms with Crippen molar-refractivity contribution in [3.63, 3.8) is 0 Å². The lowest BCUT2D eigenvalue weighted by Crippen LogP contribution is -2.28. The minimum Gasteiger partial charge on any atom is -0.334 e. The van der Waals surface area contributed by atoms with Gasteiger partial charge in [0.2, 0.25) is 0 Å². The highest BCUT2D eigenvalue weighted by Crippen LogP contribution is 2.12. The third-order valence-corrected chi connectivity index (χ3v) is 3.81. The standard InChI is InChI=1S/C20H26N4O3/c1-4-15-5-7-19(8-6-15)24-20(25)21-12-16-9-17(13-22-26-2)11-18(10-16)14-23-27-3/h4-11,22-23H,1,12-14H2,2-3H3,(H2,21,24,25). The molecule has 0 saturated carbocycles. The van der Waals surface area contributed by atoms with E-state index in [1.54, 1.807) is 20.3 Å². The maximum atomic E-state index is 12.1. The van der Waals surface area contributed by atoms with Gasteiger partial charge >= 0.3 is 6.03 Å². The largest absolute Gasteiger partial charge is 0.334 e. The van der Waals surface area contributed by atoms with E-state index in [9.17, 15) is 4.79 Å². The van der Waals surface area contributed by atoms with Gasteiger partial charge < -0.3 is 20.3 Å². The molecule has 0 aromatic heterocycles. The number of benzene rings is 2. The van der Waals surface area contributed by atoms with Crippen molar-refractivity contribution in [3.8, 4) is 0 Å². The quantitative estimate of drug-likeness (QED) is 0.483. The van der Waals surface area contributed by atoms with Crippen LogP contribution in [0.2, 0.25) is 0 Å². The van der Waals surface area contributed by atoms with Gasteiger partial charge in [-0.1, -0.05) is 43.0 Å². The molecule has 7 nitrogen and oxygen atoms in total. The normalized spacial score (nSPS) is 10.4. The average molecular weight is 370 g/mol. The number of hydrogen-bond acceptors (Lipinski definition) is 5. The maximum Gasteiger partial charge on any atom is 0.319 e. The molecule has 0 unspecified atom stereocenters. The molecule has 2 aromatic rings. The minimum atomic E-state index is -0.265. The molecule has 4 N–H and O–H groups in total. The van der Waals surface area contributed by atoms with Crippen LogP contribution < -0.4 is 21.6 Å².